The second kappa shape index (κ2) is 6.92. The maximum Gasteiger partial charge on any atom is 0.351 e. The lowest BCUT2D eigenvalue weighted by Gasteiger charge is -2.29. The minimum Gasteiger partial charge on any atom is -0.497 e. The molecule has 0 bridgehead atoms. The summed E-state index contributed by atoms with van der Waals surface area (Å²) in [6.07, 6.45) is 0.598. The van der Waals surface area contributed by atoms with Crippen LogP contribution in [-0.2, 0) is 19.9 Å². The molecule has 0 saturated heterocycles. The molecule has 5 heteroatoms. The lowest BCUT2D eigenvalue weighted by Crippen LogP contribution is -2.47. The van der Waals surface area contributed by atoms with E-state index < -0.39 is 23.0 Å². The van der Waals surface area contributed by atoms with Crippen molar-refractivity contribution in [2.24, 2.45) is 0 Å². The summed E-state index contributed by atoms with van der Waals surface area (Å²) in [7, 11) is 1.47. The van der Waals surface area contributed by atoms with Crippen LogP contribution in [-0.4, -0.2) is 29.6 Å². The lowest BCUT2D eigenvalue weighted by molar-refractivity contribution is -0.181. The summed E-state index contributed by atoms with van der Waals surface area (Å²) < 4.78 is 10.3. The predicted octanol–water partition coefficient (Wildman–Crippen LogP) is 2.59. The first-order valence-electron chi connectivity index (χ1n) is 7.28. The standard InChI is InChI=1S/C17H24O5/c1-6-8-14(18)17(20,15(19)22-16(2,3)4)12-9-7-10-13(11-12)21-5/h7,9-11,20H,6,8H2,1-5H3. The van der Waals surface area contributed by atoms with E-state index in [0.717, 1.165) is 0 Å². The van der Waals surface area contributed by atoms with Gasteiger partial charge in [0.1, 0.15) is 11.4 Å². The van der Waals surface area contributed by atoms with Gasteiger partial charge >= 0.3 is 5.97 Å². The van der Waals surface area contributed by atoms with Crippen molar-refractivity contribution in [3.05, 3.63) is 29.8 Å². The minimum absolute atomic E-state index is 0.0763. The van der Waals surface area contributed by atoms with Crippen molar-refractivity contribution in [1.82, 2.24) is 0 Å². The highest BCUT2D eigenvalue weighted by molar-refractivity contribution is 6.07. The van der Waals surface area contributed by atoms with E-state index >= 15 is 0 Å². The molecule has 0 fully saturated rings. The molecule has 0 spiro atoms. The van der Waals surface area contributed by atoms with E-state index in [4.69, 9.17) is 9.47 Å². The molecule has 0 heterocycles. The van der Waals surface area contributed by atoms with Crippen molar-refractivity contribution in [3.63, 3.8) is 0 Å². The monoisotopic (exact) mass is 308 g/mol. The maximum absolute atomic E-state index is 12.5. The average molecular weight is 308 g/mol. The van der Waals surface area contributed by atoms with Gasteiger partial charge in [0.05, 0.1) is 7.11 Å². The predicted molar refractivity (Wildman–Crippen MR) is 82.7 cm³/mol. The molecule has 1 unspecified atom stereocenters. The molecule has 1 atom stereocenters. The molecule has 0 aliphatic heterocycles. The quantitative estimate of drug-likeness (QED) is 0.646. The van der Waals surface area contributed by atoms with Gasteiger partial charge in [0.15, 0.2) is 5.78 Å². The molecular formula is C17H24O5. The van der Waals surface area contributed by atoms with Crippen LogP contribution in [0.3, 0.4) is 0 Å². The molecule has 0 aromatic heterocycles. The summed E-state index contributed by atoms with van der Waals surface area (Å²) in [6.45, 7) is 6.85. The van der Waals surface area contributed by atoms with Crippen molar-refractivity contribution in [2.45, 2.75) is 51.7 Å². The molecule has 0 aliphatic carbocycles. The molecule has 1 rings (SSSR count). The number of aliphatic hydroxyl groups is 1. The van der Waals surface area contributed by atoms with Gasteiger partial charge < -0.3 is 14.6 Å². The van der Waals surface area contributed by atoms with Crippen molar-refractivity contribution in [3.8, 4) is 5.75 Å². The summed E-state index contributed by atoms with van der Waals surface area (Å²) >= 11 is 0. The number of ether oxygens (including phenoxy) is 2. The van der Waals surface area contributed by atoms with Gasteiger partial charge in [0.25, 0.3) is 0 Å². The number of hydrogen-bond acceptors (Lipinski definition) is 5. The second-order valence-corrected chi connectivity index (χ2v) is 6.12. The summed E-state index contributed by atoms with van der Waals surface area (Å²) in [5.41, 5.74) is -2.98. The molecule has 0 aliphatic rings. The number of esters is 1. The maximum atomic E-state index is 12.5. The molecule has 1 aromatic rings. The van der Waals surface area contributed by atoms with Crippen LogP contribution in [0.1, 0.15) is 46.1 Å². The first kappa shape index (κ1) is 18.2. The van der Waals surface area contributed by atoms with Crippen LogP contribution in [0.4, 0.5) is 0 Å². The number of Topliss-reactive ketones (excluding diaryl/α,β-unsaturated/α-hetero) is 1. The fraction of sp³-hybridized carbons (Fsp3) is 0.529. The fourth-order valence-corrected chi connectivity index (χ4v) is 2.00. The minimum atomic E-state index is -2.32. The molecule has 0 radical (unpaired) electrons. The van der Waals surface area contributed by atoms with Gasteiger partial charge in [-0.05, 0) is 39.3 Å². The summed E-state index contributed by atoms with van der Waals surface area (Å²) in [4.78, 5) is 24.9. The van der Waals surface area contributed by atoms with E-state index in [2.05, 4.69) is 0 Å². The zero-order valence-electron chi connectivity index (χ0n) is 13.8. The highest BCUT2D eigenvalue weighted by atomic mass is 16.6. The number of carbonyl (C=O) groups is 2. The molecule has 1 N–H and O–H groups in total. The van der Waals surface area contributed by atoms with Gasteiger partial charge in [0.2, 0.25) is 5.60 Å². The Bertz CT molecular complexity index is 544. The smallest absolute Gasteiger partial charge is 0.351 e. The zero-order chi connectivity index (χ0) is 17.0. The first-order chi connectivity index (χ1) is 10.1. The van der Waals surface area contributed by atoms with Crippen molar-refractivity contribution >= 4 is 11.8 Å². The highest BCUT2D eigenvalue weighted by Crippen LogP contribution is 2.30. The highest BCUT2D eigenvalue weighted by Gasteiger charge is 2.47. The van der Waals surface area contributed by atoms with Gasteiger partial charge in [0, 0.05) is 12.0 Å². The van der Waals surface area contributed by atoms with Gasteiger partial charge in [-0.2, -0.15) is 0 Å². The number of benzene rings is 1. The van der Waals surface area contributed by atoms with E-state index in [0.29, 0.717) is 12.2 Å². The van der Waals surface area contributed by atoms with Crippen LogP contribution in [0.25, 0.3) is 0 Å². The molecule has 122 valence electrons. The van der Waals surface area contributed by atoms with Crippen molar-refractivity contribution < 1.29 is 24.2 Å². The third-order valence-electron chi connectivity index (χ3n) is 3.06. The number of carbonyl (C=O) groups excluding carboxylic acids is 2. The van der Waals surface area contributed by atoms with Crippen LogP contribution in [0, 0.1) is 0 Å². The number of ketones is 1. The Kier molecular flexibility index (Phi) is 5.72. The fourth-order valence-electron chi connectivity index (χ4n) is 2.00. The molecule has 0 amide bonds. The first-order valence-corrected chi connectivity index (χ1v) is 7.28. The normalized spacial score (nSPS) is 14.1. The molecule has 5 nitrogen and oxygen atoms in total. The Balaban J connectivity index is 3.32. The van der Waals surface area contributed by atoms with Crippen LogP contribution in [0.2, 0.25) is 0 Å². The molecular weight excluding hydrogens is 284 g/mol. The molecule has 22 heavy (non-hydrogen) atoms. The molecule has 0 saturated carbocycles. The van der Waals surface area contributed by atoms with E-state index in [1.54, 1.807) is 39.8 Å². The third kappa shape index (κ3) is 4.07. The zero-order valence-corrected chi connectivity index (χ0v) is 13.8. The van der Waals surface area contributed by atoms with Gasteiger partial charge in [-0.25, -0.2) is 4.79 Å². The van der Waals surface area contributed by atoms with Crippen molar-refractivity contribution in [2.75, 3.05) is 7.11 Å². The van der Waals surface area contributed by atoms with Gasteiger partial charge in [-0.3, -0.25) is 4.79 Å². The van der Waals surface area contributed by atoms with Crippen LogP contribution in [0.15, 0.2) is 24.3 Å². The van der Waals surface area contributed by atoms with Crippen molar-refractivity contribution in [1.29, 1.82) is 0 Å². The Labute approximate surface area is 131 Å². The van der Waals surface area contributed by atoms with E-state index in [-0.39, 0.29) is 12.0 Å². The largest absolute Gasteiger partial charge is 0.497 e. The lowest BCUT2D eigenvalue weighted by atomic mass is 9.87. The van der Waals surface area contributed by atoms with Gasteiger partial charge in [-0.1, -0.05) is 19.1 Å². The Hall–Kier alpha value is -1.88. The van der Waals surface area contributed by atoms with Crippen LogP contribution < -0.4 is 4.74 Å². The summed E-state index contributed by atoms with van der Waals surface area (Å²) in [5.74, 6) is -1.10. The molecule has 1 aromatic carbocycles. The SMILES string of the molecule is CCCC(=O)C(O)(C(=O)OC(C)(C)C)c1cccc(OC)c1. The topological polar surface area (TPSA) is 72.8 Å². The third-order valence-corrected chi connectivity index (χ3v) is 3.06. The summed E-state index contributed by atoms with van der Waals surface area (Å²) in [6, 6.07) is 6.27. The van der Waals surface area contributed by atoms with E-state index in [9.17, 15) is 14.7 Å². The number of methoxy groups -OCH3 is 1. The Morgan fingerprint density at radius 3 is 2.36 bits per heavy atom. The van der Waals surface area contributed by atoms with Crippen LogP contribution in [0.5, 0.6) is 5.75 Å². The van der Waals surface area contributed by atoms with E-state index in [1.807, 2.05) is 0 Å². The second-order valence-electron chi connectivity index (χ2n) is 6.12. The van der Waals surface area contributed by atoms with E-state index in [1.165, 1.54) is 19.2 Å². The number of rotatable bonds is 6. The Morgan fingerprint density at radius 1 is 1.23 bits per heavy atom. The Morgan fingerprint density at radius 2 is 1.86 bits per heavy atom. The number of hydrogen-bond donors (Lipinski definition) is 1. The van der Waals surface area contributed by atoms with Gasteiger partial charge in [-0.15, -0.1) is 0 Å². The average Bonchev–Trinajstić information content (AvgIpc) is 2.44. The van der Waals surface area contributed by atoms with Crippen LogP contribution >= 0.6 is 0 Å². The summed E-state index contributed by atoms with van der Waals surface area (Å²) in [5, 5.41) is 10.9.